The molecular weight excluding hydrogens is 226 g/mol. The van der Waals surface area contributed by atoms with Crippen LogP contribution in [0.2, 0.25) is 0 Å². The molecule has 3 nitrogen and oxygen atoms in total. The Kier molecular flexibility index (Phi) is 4.75. The summed E-state index contributed by atoms with van der Waals surface area (Å²) in [5.41, 5.74) is 2.74. The first kappa shape index (κ1) is 13.5. The number of rotatable bonds is 4. The van der Waals surface area contributed by atoms with Gasteiger partial charge in [0.15, 0.2) is 0 Å². The van der Waals surface area contributed by atoms with Crippen molar-refractivity contribution >= 4 is 0 Å². The molecule has 1 aliphatic heterocycles. The maximum Gasteiger partial charge on any atom is 0.0717 e. The average molecular weight is 249 g/mol. The third-order valence-corrected chi connectivity index (χ3v) is 3.93. The van der Waals surface area contributed by atoms with E-state index in [1.807, 2.05) is 0 Å². The van der Waals surface area contributed by atoms with Crippen molar-refractivity contribution < 1.29 is 10.2 Å². The van der Waals surface area contributed by atoms with Crippen molar-refractivity contribution in [1.82, 2.24) is 4.90 Å². The van der Waals surface area contributed by atoms with Gasteiger partial charge in [0.05, 0.1) is 6.10 Å². The molecule has 1 aliphatic rings. The minimum atomic E-state index is -0.391. The predicted octanol–water partition coefficient (Wildman–Crippen LogP) is 1.42. The topological polar surface area (TPSA) is 43.7 Å². The van der Waals surface area contributed by atoms with Crippen LogP contribution in [0, 0.1) is 5.92 Å². The van der Waals surface area contributed by atoms with Crippen molar-refractivity contribution in [3.63, 3.8) is 0 Å². The Morgan fingerprint density at radius 2 is 2.00 bits per heavy atom. The van der Waals surface area contributed by atoms with Crippen molar-refractivity contribution in [3.8, 4) is 0 Å². The molecule has 1 heterocycles. The summed E-state index contributed by atoms with van der Waals surface area (Å²) in [6, 6.07) is 8.50. The molecule has 0 aliphatic carbocycles. The number of aliphatic hydroxyl groups is 2. The maximum absolute atomic E-state index is 9.94. The van der Waals surface area contributed by atoms with E-state index in [0.29, 0.717) is 6.54 Å². The largest absolute Gasteiger partial charge is 0.396 e. The van der Waals surface area contributed by atoms with Crippen molar-refractivity contribution in [1.29, 1.82) is 0 Å². The zero-order valence-corrected chi connectivity index (χ0v) is 11.0. The monoisotopic (exact) mass is 249 g/mol. The lowest BCUT2D eigenvalue weighted by Crippen LogP contribution is -2.44. The van der Waals surface area contributed by atoms with Crippen molar-refractivity contribution in [2.75, 3.05) is 19.7 Å². The van der Waals surface area contributed by atoms with E-state index < -0.39 is 6.10 Å². The Hall–Kier alpha value is -0.900. The van der Waals surface area contributed by atoms with Gasteiger partial charge in [-0.05, 0) is 30.5 Å². The van der Waals surface area contributed by atoms with Gasteiger partial charge in [-0.15, -0.1) is 0 Å². The molecule has 1 fully saturated rings. The highest BCUT2D eigenvalue weighted by atomic mass is 16.3. The Bertz CT molecular complexity index is 381. The molecule has 18 heavy (non-hydrogen) atoms. The molecule has 1 saturated heterocycles. The van der Waals surface area contributed by atoms with Crippen molar-refractivity contribution in [3.05, 3.63) is 35.4 Å². The summed E-state index contributed by atoms with van der Waals surface area (Å²) >= 11 is 0. The summed E-state index contributed by atoms with van der Waals surface area (Å²) in [6.45, 7) is 4.80. The second-order valence-electron chi connectivity index (χ2n) is 5.16. The van der Waals surface area contributed by atoms with E-state index in [1.54, 1.807) is 0 Å². The lowest BCUT2D eigenvalue weighted by atomic mass is 9.94. The lowest BCUT2D eigenvalue weighted by Gasteiger charge is -2.35. The first-order valence-corrected chi connectivity index (χ1v) is 6.82. The van der Waals surface area contributed by atoms with Gasteiger partial charge in [0.25, 0.3) is 0 Å². The molecule has 2 atom stereocenters. The van der Waals surface area contributed by atoms with Gasteiger partial charge in [0.1, 0.15) is 0 Å². The number of aryl methyl sites for hydroxylation is 1. The fourth-order valence-electron chi connectivity index (χ4n) is 2.70. The van der Waals surface area contributed by atoms with Gasteiger partial charge in [-0.1, -0.05) is 31.2 Å². The van der Waals surface area contributed by atoms with Crippen LogP contribution in [0.15, 0.2) is 24.3 Å². The summed E-state index contributed by atoms with van der Waals surface area (Å²) < 4.78 is 0. The van der Waals surface area contributed by atoms with Gasteiger partial charge < -0.3 is 10.2 Å². The number of piperidine rings is 1. The molecule has 3 heteroatoms. The highest BCUT2D eigenvalue weighted by molar-refractivity contribution is 5.27. The third kappa shape index (κ3) is 3.10. The van der Waals surface area contributed by atoms with Crippen LogP contribution in [0.5, 0.6) is 0 Å². The Labute approximate surface area is 109 Å². The van der Waals surface area contributed by atoms with Crippen LogP contribution in [0.4, 0.5) is 0 Å². The molecule has 1 aromatic carbocycles. The summed E-state index contributed by atoms with van der Waals surface area (Å²) in [6.07, 6.45) is 1.54. The minimum absolute atomic E-state index is 0.0580. The average Bonchev–Trinajstić information content (AvgIpc) is 2.39. The normalized spacial score (nSPS) is 25.3. The molecular formula is C15H23NO2. The number of likely N-dealkylation sites (tertiary alicyclic amines) is 1. The first-order chi connectivity index (χ1) is 8.74. The van der Waals surface area contributed by atoms with E-state index >= 15 is 0 Å². The molecule has 0 bridgehead atoms. The lowest BCUT2D eigenvalue weighted by molar-refractivity contribution is -0.00450. The summed E-state index contributed by atoms with van der Waals surface area (Å²) in [5.74, 6) is 0.0580. The van der Waals surface area contributed by atoms with Gasteiger partial charge in [-0.2, -0.15) is 0 Å². The van der Waals surface area contributed by atoms with E-state index in [4.69, 9.17) is 5.11 Å². The van der Waals surface area contributed by atoms with Crippen molar-refractivity contribution in [2.24, 2.45) is 5.92 Å². The molecule has 0 spiro atoms. The van der Waals surface area contributed by atoms with Crippen LogP contribution >= 0.6 is 0 Å². The van der Waals surface area contributed by atoms with Gasteiger partial charge in [0.2, 0.25) is 0 Å². The predicted molar refractivity (Wildman–Crippen MR) is 72.3 cm³/mol. The molecule has 0 amide bonds. The third-order valence-electron chi connectivity index (χ3n) is 3.93. The number of hydrogen-bond acceptors (Lipinski definition) is 3. The van der Waals surface area contributed by atoms with Crippen molar-refractivity contribution in [2.45, 2.75) is 32.4 Å². The zero-order valence-electron chi connectivity index (χ0n) is 11.0. The van der Waals surface area contributed by atoms with Crippen LogP contribution in [0.3, 0.4) is 0 Å². The number of benzene rings is 1. The molecule has 100 valence electrons. The summed E-state index contributed by atoms with van der Waals surface area (Å²) in [7, 11) is 0. The quantitative estimate of drug-likeness (QED) is 0.848. The molecule has 0 radical (unpaired) electrons. The molecule has 0 aromatic heterocycles. The standard InChI is InChI=1S/C15H23NO2/c1-2-12-5-3-4-6-13(12)9-16-8-7-14(11-17)15(18)10-16/h3-6,14-15,17-18H,2,7-11H2,1H3/t14-,15-/m1/s1. The molecule has 2 rings (SSSR count). The summed E-state index contributed by atoms with van der Waals surface area (Å²) in [5, 5.41) is 19.1. The minimum Gasteiger partial charge on any atom is -0.396 e. The van der Waals surface area contributed by atoms with Gasteiger partial charge in [0, 0.05) is 25.6 Å². The highest BCUT2D eigenvalue weighted by Gasteiger charge is 2.27. The SMILES string of the molecule is CCc1ccccc1CN1CC[C@H](CO)[C@H](O)C1. The van der Waals surface area contributed by atoms with Crippen LogP contribution < -0.4 is 0 Å². The van der Waals surface area contributed by atoms with Gasteiger partial charge in [-0.25, -0.2) is 0 Å². The van der Waals surface area contributed by atoms with Crippen LogP contribution in [-0.2, 0) is 13.0 Å². The second kappa shape index (κ2) is 6.32. The Morgan fingerprint density at radius 1 is 1.28 bits per heavy atom. The zero-order chi connectivity index (χ0) is 13.0. The fraction of sp³-hybridized carbons (Fsp3) is 0.600. The van der Waals surface area contributed by atoms with E-state index in [2.05, 4.69) is 36.1 Å². The van der Waals surface area contributed by atoms with E-state index in [9.17, 15) is 5.11 Å². The number of β-amino-alcohol motifs (C(OH)–C–C–N with tert-alkyl or cyclic N) is 1. The molecule has 0 unspecified atom stereocenters. The van der Waals surface area contributed by atoms with Crippen LogP contribution in [0.1, 0.15) is 24.5 Å². The van der Waals surface area contributed by atoms with Crippen LogP contribution in [0.25, 0.3) is 0 Å². The fourth-order valence-corrected chi connectivity index (χ4v) is 2.70. The van der Waals surface area contributed by atoms with E-state index in [1.165, 1.54) is 11.1 Å². The van der Waals surface area contributed by atoms with Crippen LogP contribution in [-0.4, -0.2) is 40.9 Å². The Balaban J connectivity index is 1.98. The maximum atomic E-state index is 9.94. The number of nitrogens with zero attached hydrogens (tertiary/aromatic N) is 1. The van der Waals surface area contributed by atoms with E-state index in [0.717, 1.165) is 25.9 Å². The molecule has 1 aromatic rings. The van der Waals surface area contributed by atoms with E-state index in [-0.39, 0.29) is 12.5 Å². The van der Waals surface area contributed by atoms with Gasteiger partial charge >= 0.3 is 0 Å². The number of hydrogen-bond donors (Lipinski definition) is 2. The second-order valence-corrected chi connectivity index (χ2v) is 5.16. The van der Waals surface area contributed by atoms with Gasteiger partial charge in [-0.3, -0.25) is 4.90 Å². The summed E-state index contributed by atoms with van der Waals surface area (Å²) in [4.78, 5) is 2.28. The Morgan fingerprint density at radius 3 is 2.61 bits per heavy atom. The smallest absolute Gasteiger partial charge is 0.0717 e. The number of aliphatic hydroxyl groups excluding tert-OH is 2. The highest BCUT2D eigenvalue weighted by Crippen LogP contribution is 2.20. The molecule has 2 N–H and O–H groups in total. The molecule has 0 saturated carbocycles. The first-order valence-electron chi connectivity index (χ1n) is 6.82.